The van der Waals surface area contributed by atoms with Gasteiger partial charge in [0.15, 0.2) is 0 Å². The summed E-state index contributed by atoms with van der Waals surface area (Å²) in [6.45, 7) is 1.44. The van der Waals surface area contributed by atoms with Gasteiger partial charge in [0.05, 0.1) is 18.1 Å². The van der Waals surface area contributed by atoms with Gasteiger partial charge in [0.1, 0.15) is 11.6 Å². The van der Waals surface area contributed by atoms with Gasteiger partial charge in [-0.25, -0.2) is 17.2 Å². The number of halogens is 2. The van der Waals surface area contributed by atoms with Crippen molar-refractivity contribution in [1.29, 1.82) is 0 Å². The molecular formula is C18H18F2N2O4S. The number of amides is 1. The number of nitrogens with zero attached hydrogens (tertiary/aromatic N) is 1. The summed E-state index contributed by atoms with van der Waals surface area (Å²) in [7, 11) is -3.58. The monoisotopic (exact) mass is 396 g/mol. The van der Waals surface area contributed by atoms with Crippen molar-refractivity contribution in [2.45, 2.75) is 11.4 Å². The molecule has 1 saturated heterocycles. The molecule has 0 spiro atoms. The molecule has 1 amide bonds. The summed E-state index contributed by atoms with van der Waals surface area (Å²) >= 11 is 0. The predicted octanol–water partition coefficient (Wildman–Crippen LogP) is 1.92. The first-order chi connectivity index (χ1) is 12.9. The summed E-state index contributed by atoms with van der Waals surface area (Å²) in [6.07, 6.45) is 0. The Morgan fingerprint density at radius 3 is 2.22 bits per heavy atom. The highest BCUT2D eigenvalue weighted by Gasteiger charge is 2.26. The second-order valence-corrected chi connectivity index (χ2v) is 7.94. The van der Waals surface area contributed by atoms with Crippen molar-refractivity contribution in [3.63, 3.8) is 0 Å². The zero-order valence-electron chi connectivity index (χ0n) is 14.3. The van der Waals surface area contributed by atoms with E-state index in [2.05, 4.69) is 5.32 Å². The number of hydrogen-bond acceptors (Lipinski definition) is 4. The van der Waals surface area contributed by atoms with Crippen LogP contribution in [0.25, 0.3) is 0 Å². The van der Waals surface area contributed by atoms with E-state index in [1.807, 2.05) is 0 Å². The average Bonchev–Trinajstić information content (AvgIpc) is 2.66. The van der Waals surface area contributed by atoms with Gasteiger partial charge in [-0.05, 0) is 29.8 Å². The topological polar surface area (TPSA) is 75.7 Å². The van der Waals surface area contributed by atoms with Crippen LogP contribution >= 0.6 is 0 Å². The van der Waals surface area contributed by atoms with Crippen LogP contribution in [-0.4, -0.2) is 44.9 Å². The van der Waals surface area contributed by atoms with E-state index in [0.29, 0.717) is 37.9 Å². The Morgan fingerprint density at radius 2 is 1.63 bits per heavy atom. The highest BCUT2D eigenvalue weighted by molar-refractivity contribution is 7.89. The predicted molar refractivity (Wildman–Crippen MR) is 93.5 cm³/mol. The standard InChI is InChI=1S/C18H18F2N2O4S/c19-15-9-14(10-16(20)11-15)18(23)21-12-13-1-3-17(4-2-13)27(24,25)22-5-7-26-8-6-22/h1-4,9-11H,5-8,12H2,(H,21,23). The fraction of sp³-hybridized carbons (Fsp3) is 0.278. The molecule has 0 atom stereocenters. The van der Waals surface area contributed by atoms with Crippen LogP contribution in [0.4, 0.5) is 8.78 Å². The summed E-state index contributed by atoms with van der Waals surface area (Å²) in [5, 5.41) is 2.54. The summed E-state index contributed by atoms with van der Waals surface area (Å²) < 4.78 is 58.0. The number of ether oxygens (including phenoxy) is 1. The van der Waals surface area contributed by atoms with Gasteiger partial charge in [0.25, 0.3) is 5.91 Å². The highest BCUT2D eigenvalue weighted by atomic mass is 32.2. The maximum absolute atomic E-state index is 13.2. The fourth-order valence-electron chi connectivity index (χ4n) is 2.68. The minimum Gasteiger partial charge on any atom is -0.379 e. The van der Waals surface area contributed by atoms with Crippen LogP contribution in [0.5, 0.6) is 0 Å². The lowest BCUT2D eigenvalue weighted by atomic mass is 10.2. The quantitative estimate of drug-likeness (QED) is 0.838. The first kappa shape index (κ1) is 19.4. The number of sulfonamides is 1. The van der Waals surface area contributed by atoms with Crippen molar-refractivity contribution in [2.75, 3.05) is 26.3 Å². The van der Waals surface area contributed by atoms with E-state index in [4.69, 9.17) is 4.74 Å². The van der Waals surface area contributed by atoms with E-state index in [1.165, 1.54) is 16.4 Å². The Labute approximate surface area is 155 Å². The molecule has 0 aliphatic carbocycles. The van der Waals surface area contributed by atoms with Gasteiger partial charge in [0.2, 0.25) is 10.0 Å². The van der Waals surface area contributed by atoms with Crippen molar-refractivity contribution in [1.82, 2.24) is 9.62 Å². The van der Waals surface area contributed by atoms with Crippen LogP contribution in [-0.2, 0) is 21.3 Å². The van der Waals surface area contributed by atoms with E-state index >= 15 is 0 Å². The molecular weight excluding hydrogens is 378 g/mol. The minimum absolute atomic E-state index is 0.0921. The highest BCUT2D eigenvalue weighted by Crippen LogP contribution is 2.18. The van der Waals surface area contributed by atoms with Crippen molar-refractivity contribution >= 4 is 15.9 Å². The largest absolute Gasteiger partial charge is 0.379 e. The lowest BCUT2D eigenvalue weighted by Gasteiger charge is -2.26. The van der Waals surface area contributed by atoms with Crippen molar-refractivity contribution < 1.29 is 26.7 Å². The number of nitrogens with one attached hydrogen (secondary N) is 1. The summed E-state index contributed by atoms with van der Waals surface area (Å²) in [6, 6.07) is 8.67. The van der Waals surface area contributed by atoms with E-state index < -0.39 is 27.6 Å². The smallest absolute Gasteiger partial charge is 0.251 e. The number of carbonyl (C=O) groups excluding carboxylic acids is 1. The van der Waals surface area contributed by atoms with Crippen LogP contribution in [0.3, 0.4) is 0 Å². The van der Waals surface area contributed by atoms with E-state index in [1.54, 1.807) is 12.1 Å². The number of hydrogen-bond donors (Lipinski definition) is 1. The molecule has 2 aromatic carbocycles. The van der Waals surface area contributed by atoms with Crippen LogP contribution in [0.15, 0.2) is 47.4 Å². The molecule has 1 fully saturated rings. The molecule has 0 unspecified atom stereocenters. The molecule has 9 heteroatoms. The van der Waals surface area contributed by atoms with Gasteiger partial charge in [-0.15, -0.1) is 0 Å². The summed E-state index contributed by atoms with van der Waals surface area (Å²) in [4.78, 5) is 12.2. The van der Waals surface area contributed by atoms with Crippen LogP contribution in [0.1, 0.15) is 15.9 Å². The van der Waals surface area contributed by atoms with Gasteiger partial charge >= 0.3 is 0 Å². The molecule has 3 rings (SSSR count). The van der Waals surface area contributed by atoms with Gasteiger partial charge < -0.3 is 10.1 Å². The molecule has 0 radical (unpaired) electrons. The Balaban J connectivity index is 1.64. The van der Waals surface area contributed by atoms with Crippen LogP contribution in [0.2, 0.25) is 0 Å². The Kier molecular flexibility index (Phi) is 5.83. The van der Waals surface area contributed by atoms with Gasteiger partial charge in [0, 0.05) is 31.3 Å². The van der Waals surface area contributed by atoms with Crippen molar-refractivity contribution in [3.05, 3.63) is 65.2 Å². The molecule has 1 aliphatic rings. The number of carbonyl (C=O) groups is 1. The second-order valence-electron chi connectivity index (χ2n) is 6.00. The molecule has 0 bridgehead atoms. The number of benzene rings is 2. The SMILES string of the molecule is O=C(NCc1ccc(S(=O)(=O)N2CCOCC2)cc1)c1cc(F)cc(F)c1. The molecule has 0 saturated carbocycles. The normalized spacial score (nSPS) is 15.5. The van der Waals surface area contributed by atoms with Crippen LogP contribution in [0, 0.1) is 11.6 Å². The number of morpholine rings is 1. The Bertz CT molecular complexity index is 907. The molecule has 27 heavy (non-hydrogen) atoms. The third kappa shape index (κ3) is 4.68. The van der Waals surface area contributed by atoms with Crippen molar-refractivity contribution in [3.8, 4) is 0 Å². The maximum atomic E-state index is 13.2. The lowest BCUT2D eigenvalue weighted by Crippen LogP contribution is -2.40. The Morgan fingerprint density at radius 1 is 1.04 bits per heavy atom. The molecule has 1 heterocycles. The zero-order chi connectivity index (χ0) is 19.4. The molecule has 0 aromatic heterocycles. The maximum Gasteiger partial charge on any atom is 0.251 e. The molecule has 1 aliphatic heterocycles. The van der Waals surface area contributed by atoms with E-state index in [9.17, 15) is 22.0 Å². The first-order valence-electron chi connectivity index (χ1n) is 8.27. The van der Waals surface area contributed by atoms with Gasteiger partial charge in [-0.2, -0.15) is 4.31 Å². The summed E-state index contributed by atoms with van der Waals surface area (Å²) in [5.41, 5.74) is 0.528. The molecule has 1 N–H and O–H groups in total. The third-order valence-corrected chi connectivity index (χ3v) is 6.02. The summed E-state index contributed by atoms with van der Waals surface area (Å²) in [5.74, 6) is -2.30. The lowest BCUT2D eigenvalue weighted by molar-refractivity contribution is 0.0730. The average molecular weight is 396 g/mol. The molecule has 6 nitrogen and oxygen atoms in total. The van der Waals surface area contributed by atoms with E-state index in [-0.39, 0.29) is 17.0 Å². The third-order valence-electron chi connectivity index (χ3n) is 4.11. The van der Waals surface area contributed by atoms with Gasteiger partial charge in [-0.3, -0.25) is 4.79 Å². The number of rotatable bonds is 5. The molecule has 2 aromatic rings. The second kappa shape index (κ2) is 8.12. The Hall–Kier alpha value is -2.36. The zero-order valence-corrected chi connectivity index (χ0v) is 15.1. The van der Waals surface area contributed by atoms with Crippen LogP contribution < -0.4 is 5.32 Å². The minimum atomic E-state index is -3.58. The molecule has 144 valence electrons. The van der Waals surface area contributed by atoms with Gasteiger partial charge in [-0.1, -0.05) is 12.1 Å². The fourth-order valence-corrected chi connectivity index (χ4v) is 4.09. The van der Waals surface area contributed by atoms with E-state index in [0.717, 1.165) is 12.1 Å². The first-order valence-corrected chi connectivity index (χ1v) is 9.71. The van der Waals surface area contributed by atoms with Crippen molar-refractivity contribution in [2.24, 2.45) is 0 Å².